The summed E-state index contributed by atoms with van der Waals surface area (Å²) in [7, 11) is -2.95. The van der Waals surface area contributed by atoms with Crippen molar-refractivity contribution in [1.29, 1.82) is 0 Å². The summed E-state index contributed by atoms with van der Waals surface area (Å²) in [5, 5.41) is 2.79. The summed E-state index contributed by atoms with van der Waals surface area (Å²) >= 11 is 0. The van der Waals surface area contributed by atoms with Gasteiger partial charge in [-0.3, -0.25) is 0 Å². The lowest BCUT2D eigenvalue weighted by atomic mass is 10.0. The fourth-order valence-corrected chi connectivity index (χ4v) is 2.01. The van der Waals surface area contributed by atoms with E-state index in [1.807, 2.05) is 6.92 Å². The molecule has 0 atom stereocenters. The first-order valence-corrected chi connectivity index (χ1v) is 6.63. The van der Waals surface area contributed by atoms with Crippen LogP contribution in [0.25, 0.3) is 0 Å². The van der Waals surface area contributed by atoms with Crippen LogP contribution in [0.15, 0.2) is 0 Å². The first kappa shape index (κ1) is 11.9. The second-order valence-electron chi connectivity index (χ2n) is 4.32. The van der Waals surface area contributed by atoms with Crippen molar-refractivity contribution in [3.63, 3.8) is 0 Å². The molecule has 0 radical (unpaired) electrons. The van der Waals surface area contributed by atoms with E-state index in [0.29, 0.717) is 6.61 Å². The Labute approximate surface area is 85.9 Å². The lowest BCUT2D eigenvalue weighted by molar-refractivity contribution is -0.0598. The SMILES string of the molecule is CC(C)S(=O)(=O)CCOC1(C)CNC1. The van der Waals surface area contributed by atoms with Crippen LogP contribution in [0.4, 0.5) is 0 Å². The molecule has 0 spiro atoms. The third kappa shape index (κ3) is 2.93. The minimum atomic E-state index is -2.95. The van der Waals surface area contributed by atoms with Crippen molar-refractivity contribution in [1.82, 2.24) is 5.32 Å². The highest BCUT2D eigenvalue weighted by molar-refractivity contribution is 7.91. The number of hydrogen-bond acceptors (Lipinski definition) is 4. The lowest BCUT2D eigenvalue weighted by Crippen LogP contribution is -2.59. The average molecular weight is 221 g/mol. The molecule has 1 saturated heterocycles. The third-order valence-electron chi connectivity index (χ3n) is 2.53. The van der Waals surface area contributed by atoms with Gasteiger partial charge in [0.1, 0.15) is 0 Å². The zero-order valence-electron chi connectivity index (χ0n) is 9.04. The second-order valence-corrected chi connectivity index (χ2v) is 6.99. The van der Waals surface area contributed by atoms with E-state index in [-0.39, 0.29) is 16.6 Å². The van der Waals surface area contributed by atoms with E-state index >= 15 is 0 Å². The Hall–Kier alpha value is -0.130. The zero-order valence-corrected chi connectivity index (χ0v) is 9.86. The van der Waals surface area contributed by atoms with E-state index in [9.17, 15) is 8.42 Å². The van der Waals surface area contributed by atoms with Crippen molar-refractivity contribution < 1.29 is 13.2 Å². The highest BCUT2D eigenvalue weighted by Gasteiger charge is 2.32. The summed E-state index contributed by atoms with van der Waals surface area (Å²) in [5.74, 6) is 0.125. The molecule has 0 unspecified atom stereocenters. The smallest absolute Gasteiger partial charge is 0.154 e. The largest absolute Gasteiger partial charge is 0.372 e. The molecule has 0 aromatic rings. The molecule has 0 aliphatic carbocycles. The van der Waals surface area contributed by atoms with Crippen LogP contribution in [0.3, 0.4) is 0 Å². The highest BCUT2D eigenvalue weighted by Crippen LogP contribution is 2.15. The Kier molecular flexibility index (Phi) is 3.55. The summed E-state index contributed by atoms with van der Waals surface area (Å²) < 4.78 is 28.4. The first-order valence-electron chi connectivity index (χ1n) is 4.92. The number of ether oxygens (including phenoxy) is 1. The van der Waals surface area contributed by atoms with Gasteiger partial charge >= 0.3 is 0 Å². The molecule has 4 nitrogen and oxygen atoms in total. The lowest BCUT2D eigenvalue weighted by Gasteiger charge is -2.39. The van der Waals surface area contributed by atoms with Gasteiger partial charge in [-0.2, -0.15) is 0 Å². The standard InChI is InChI=1S/C9H19NO3S/c1-8(2)14(11,12)5-4-13-9(3)6-10-7-9/h8,10H,4-7H2,1-3H3. The molecule has 0 aromatic heterocycles. The molecule has 0 amide bonds. The average Bonchev–Trinajstić information content (AvgIpc) is 2.00. The monoisotopic (exact) mass is 221 g/mol. The molecule has 0 bridgehead atoms. The van der Waals surface area contributed by atoms with Crippen molar-refractivity contribution in [3.8, 4) is 0 Å². The molecular weight excluding hydrogens is 202 g/mol. The molecule has 1 N–H and O–H groups in total. The van der Waals surface area contributed by atoms with Crippen LogP contribution in [0.1, 0.15) is 20.8 Å². The Morgan fingerprint density at radius 3 is 2.36 bits per heavy atom. The molecule has 1 heterocycles. The Balaban J connectivity index is 2.28. The van der Waals surface area contributed by atoms with Gasteiger partial charge in [-0.15, -0.1) is 0 Å². The molecule has 1 fully saturated rings. The van der Waals surface area contributed by atoms with Gasteiger partial charge in [-0.25, -0.2) is 8.42 Å². The van der Waals surface area contributed by atoms with Gasteiger partial charge in [0, 0.05) is 13.1 Å². The zero-order chi connectivity index (χ0) is 10.8. The van der Waals surface area contributed by atoms with E-state index in [1.165, 1.54) is 0 Å². The third-order valence-corrected chi connectivity index (χ3v) is 4.71. The van der Waals surface area contributed by atoms with Gasteiger partial charge in [0.15, 0.2) is 9.84 Å². The predicted molar refractivity (Wildman–Crippen MR) is 56.1 cm³/mol. The second kappa shape index (κ2) is 4.16. The van der Waals surface area contributed by atoms with Crippen molar-refractivity contribution >= 4 is 9.84 Å². The van der Waals surface area contributed by atoms with Crippen molar-refractivity contribution in [2.45, 2.75) is 31.6 Å². The maximum atomic E-state index is 11.4. The molecule has 1 aliphatic heterocycles. The molecule has 84 valence electrons. The van der Waals surface area contributed by atoms with E-state index in [4.69, 9.17) is 4.74 Å². The maximum Gasteiger partial charge on any atom is 0.154 e. The highest BCUT2D eigenvalue weighted by atomic mass is 32.2. The summed E-state index contributed by atoms with van der Waals surface area (Å²) in [6, 6.07) is 0. The van der Waals surface area contributed by atoms with E-state index in [2.05, 4.69) is 5.32 Å². The molecule has 1 aliphatic rings. The van der Waals surface area contributed by atoms with Crippen LogP contribution in [0, 0.1) is 0 Å². The van der Waals surface area contributed by atoms with Crippen LogP contribution in [-0.2, 0) is 14.6 Å². The molecule has 0 saturated carbocycles. The number of hydrogen-bond donors (Lipinski definition) is 1. The van der Waals surface area contributed by atoms with Crippen LogP contribution in [0.5, 0.6) is 0 Å². The van der Waals surface area contributed by atoms with Crippen LogP contribution < -0.4 is 5.32 Å². The van der Waals surface area contributed by atoms with E-state index in [1.54, 1.807) is 13.8 Å². The number of nitrogens with one attached hydrogen (secondary N) is 1. The van der Waals surface area contributed by atoms with Crippen molar-refractivity contribution in [2.24, 2.45) is 0 Å². The number of rotatable bonds is 5. The van der Waals surface area contributed by atoms with E-state index < -0.39 is 9.84 Å². The molecule has 1 rings (SSSR count). The predicted octanol–water partition coefficient (Wildman–Crippen LogP) is 0.188. The molecular formula is C9H19NO3S. The van der Waals surface area contributed by atoms with E-state index in [0.717, 1.165) is 13.1 Å². The van der Waals surface area contributed by atoms with Crippen molar-refractivity contribution in [2.75, 3.05) is 25.4 Å². The van der Waals surface area contributed by atoms with Gasteiger partial charge in [-0.1, -0.05) is 0 Å². The van der Waals surface area contributed by atoms with Gasteiger partial charge in [-0.05, 0) is 20.8 Å². The fourth-order valence-electron chi connectivity index (χ4n) is 1.22. The topological polar surface area (TPSA) is 55.4 Å². The summed E-state index contributed by atoms with van der Waals surface area (Å²) in [4.78, 5) is 0. The van der Waals surface area contributed by atoms with Gasteiger partial charge in [0.05, 0.1) is 23.2 Å². The minimum Gasteiger partial charge on any atom is -0.372 e. The quantitative estimate of drug-likeness (QED) is 0.720. The summed E-state index contributed by atoms with van der Waals surface area (Å²) in [6.45, 7) is 7.32. The van der Waals surface area contributed by atoms with Gasteiger partial charge < -0.3 is 10.1 Å². The van der Waals surface area contributed by atoms with Crippen LogP contribution >= 0.6 is 0 Å². The first-order chi connectivity index (χ1) is 6.36. The minimum absolute atomic E-state index is 0.125. The van der Waals surface area contributed by atoms with Gasteiger partial charge in [0.2, 0.25) is 0 Å². The molecule has 0 aromatic carbocycles. The Bertz CT molecular complexity index is 280. The van der Waals surface area contributed by atoms with Gasteiger partial charge in [0.25, 0.3) is 0 Å². The fraction of sp³-hybridized carbons (Fsp3) is 1.00. The number of sulfone groups is 1. The Morgan fingerprint density at radius 1 is 1.43 bits per heavy atom. The van der Waals surface area contributed by atoms with Crippen LogP contribution in [-0.4, -0.2) is 44.7 Å². The molecule has 14 heavy (non-hydrogen) atoms. The summed E-state index contributed by atoms with van der Waals surface area (Å²) in [5.41, 5.74) is -0.146. The maximum absolute atomic E-state index is 11.4. The Morgan fingerprint density at radius 2 is 2.00 bits per heavy atom. The molecule has 5 heteroatoms. The normalized spacial score (nSPS) is 20.9. The van der Waals surface area contributed by atoms with Crippen molar-refractivity contribution in [3.05, 3.63) is 0 Å². The van der Waals surface area contributed by atoms with Crippen LogP contribution in [0.2, 0.25) is 0 Å². The summed E-state index contributed by atoms with van der Waals surface area (Å²) in [6.07, 6.45) is 0.